The summed E-state index contributed by atoms with van der Waals surface area (Å²) in [5.74, 6) is 0.530. The lowest BCUT2D eigenvalue weighted by Gasteiger charge is -2.39. The van der Waals surface area contributed by atoms with E-state index in [1.54, 1.807) is 0 Å². The first-order valence-corrected chi connectivity index (χ1v) is 9.21. The SMILES string of the molecule is O=C1CSc2ccc(C(=O)N3CCC4(CCNC4)CC3)cc2N1. The molecule has 0 aromatic heterocycles. The second kappa shape index (κ2) is 5.83. The molecule has 122 valence electrons. The lowest BCUT2D eigenvalue weighted by Crippen LogP contribution is -2.44. The summed E-state index contributed by atoms with van der Waals surface area (Å²) in [7, 11) is 0. The number of nitrogens with zero attached hydrogens (tertiary/aromatic N) is 1. The van der Waals surface area contributed by atoms with Crippen LogP contribution in [0, 0.1) is 5.41 Å². The molecule has 1 spiro atoms. The average Bonchev–Trinajstić information content (AvgIpc) is 3.02. The van der Waals surface area contributed by atoms with E-state index in [2.05, 4.69) is 10.6 Å². The van der Waals surface area contributed by atoms with E-state index >= 15 is 0 Å². The maximum atomic E-state index is 12.8. The van der Waals surface area contributed by atoms with E-state index in [0.29, 0.717) is 16.7 Å². The van der Waals surface area contributed by atoms with Crippen molar-refractivity contribution in [3.05, 3.63) is 23.8 Å². The number of benzene rings is 1. The Bertz CT molecular complexity index is 645. The van der Waals surface area contributed by atoms with Gasteiger partial charge in [0.05, 0.1) is 11.4 Å². The van der Waals surface area contributed by atoms with Crippen molar-refractivity contribution in [2.24, 2.45) is 5.41 Å². The fourth-order valence-corrected chi connectivity index (χ4v) is 4.59. The number of rotatable bonds is 1. The lowest BCUT2D eigenvalue weighted by molar-refractivity contribution is -0.113. The first-order valence-electron chi connectivity index (χ1n) is 8.22. The molecule has 23 heavy (non-hydrogen) atoms. The summed E-state index contributed by atoms with van der Waals surface area (Å²) >= 11 is 1.52. The van der Waals surface area contributed by atoms with Gasteiger partial charge < -0.3 is 15.5 Å². The molecule has 3 aliphatic heterocycles. The van der Waals surface area contributed by atoms with E-state index < -0.39 is 0 Å². The average molecular weight is 331 g/mol. The van der Waals surface area contributed by atoms with Gasteiger partial charge in [-0.25, -0.2) is 0 Å². The molecule has 0 radical (unpaired) electrons. The van der Waals surface area contributed by atoms with Gasteiger partial charge in [0.2, 0.25) is 5.91 Å². The zero-order chi connectivity index (χ0) is 15.9. The molecule has 0 saturated carbocycles. The van der Waals surface area contributed by atoms with Crippen LogP contribution in [0.15, 0.2) is 23.1 Å². The van der Waals surface area contributed by atoms with Crippen LogP contribution in [0.2, 0.25) is 0 Å². The van der Waals surface area contributed by atoms with Crippen LogP contribution in [0.5, 0.6) is 0 Å². The van der Waals surface area contributed by atoms with Gasteiger partial charge in [0.25, 0.3) is 5.91 Å². The second-order valence-corrected chi connectivity index (χ2v) is 7.78. The van der Waals surface area contributed by atoms with Crippen LogP contribution < -0.4 is 10.6 Å². The van der Waals surface area contributed by atoms with Gasteiger partial charge in [0.1, 0.15) is 0 Å². The van der Waals surface area contributed by atoms with E-state index in [1.807, 2.05) is 23.1 Å². The van der Waals surface area contributed by atoms with Crippen molar-refractivity contribution in [2.45, 2.75) is 24.2 Å². The van der Waals surface area contributed by atoms with Gasteiger partial charge in [-0.15, -0.1) is 11.8 Å². The first kappa shape index (κ1) is 15.0. The molecule has 1 aromatic rings. The van der Waals surface area contributed by atoms with Crippen molar-refractivity contribution in [1.82, 2.24) is 10.2 Å². The van der Waals surface area contributed by atoms with E-state index in [1.165, 1.54) is 18.2 Å². The number of nitrogens with one attached hydrogen (secondary N) is 2. The zero-order valence-electron chi connectivity index (χ0n) is 13.1. The van der Waals surface area contributed by atoms with Crippen LogP contribution in [-0.4, -0.2) is 48.6 Å². The summed E-state index contributed by atoms with van der Waals surface area (Å²) in [4.78, 5) is 27.3. The Labute approximate surface area is 140 Å². The summed E-state index contributed by atoms with van der Waals surface area (Å²) in [6, 6.07) is 5.65. The van der Waals surface area contributed by atoms with E-state index in [0.717, 1.165) is 49.6 Å². The van der Waals surface area contributed by atoms with E-state index in [4.69, 9.17) is 0 Å². The van der Waals surface area contributed by atoms with Crippen LogP contribution in [-0.2, 0) is 4.79 Å². The molecule has 0 aliphatic carbocycles. The predicted molar refractivity (Wildman–Crippen MR) is 90.9 cm³/mol. The third-order valence-electron chi connectivity index (χ3n) is 5.30. The van der Waals surface area contributed by atoms with Gasteiger partial charge in [-0.2, -0.15) is 0 Å². The number of anilines is 1. The minimum absolute atomic E-state index is 0.000691. The van der Waals surface area contributed by atoms with Crippen molar-refractivity contribution < 1.29 is 9.59 Å². The maximum Gasteiger partial charge on any atom is 0.253 e. The van der Waals surface area contributed by atoms with Crippen molar-refractivity contribution in [3.63, 3.8) is 0 Å². The summed E-state index contributed by atoms with van der Waals surface area (Å²) in [6.07, 6.45) is 3.41. The number of piperidine rings is 1. The quantitative estimate of drug-likeness (QED) is 0.826. The molecule has 2 amide bonds. The Hall–Kier alpha value is -1.53. The summed E-state index contributed by atoms with van der Waals surface area (Å²) in [5, 5.41) is 6.31. The minimum atomic E-state index is 0.000691. The third-order valence-corrected chi connectivity index (χ3v) is 6.38. The molecular formula is C17H21N3O2S. The number of likely N-dealkylation sites (tertiary alicyclic amines) is 1. The number of amides is 2. The Morgan fingerprint density at radius 2 is 2.04 bits per heavy atom. The fourth-order valence-electron chi connectivity index (χ4n) is 3.81. The van der Waals surface area contributed by atoms with Crippen LogP contribution in [0.1, 0.15) is 29.6 Å². The van der Waals surface area contributed by atoms with Crippen molar-refractivity contribution in [3.8, 4) is 0 Å². The number of thioether (sulfide) groups is 1. The summed E-state index contributed by atoms with van der Waals surface area (Å²) in [6.45, 7) is 3.87. The van der Waals surface area contributed by atoms with Gasteiger partial charge in [0.15, 0.2) is 0 Å². The number of carbonyl (C=O) groups excluding carboxylic acids is 2. The van der Waals surface area contributed by atoms with Crippen molar-refractivity contribution >= 4 is 29.3 Å². The number of fused-ring (bicyclic) bond motifs is 1. The molecule has 1 aromatic carbocycles. The minimum Gasteiger partial charge on any atom is -0.339 e. The highest BCUT2D eigenvalue weighted by Gasteiger charge is 2.38. The van der Waals surface area contributed by atoms with Crippen molar-refractivity contribution in [2.75, 3.05) is 37.2 Å². The van der Waals surface area contributed by atoms with Gasteiger partial charge >= 0.3 is 0 Å². The van der Waals surface area contributed by atoms with Crippen LogP contribution >= 0.6 is 11.8 Å². The lowest BCUT2D eigenvalue weighted by atomic mass is 9.78. The molecule has 2 saturated heterocycles. The third kappa shape index (κ3) is 2.85. The van der Waals surface area contributed by atoms with E-state index in [-0.39, 0.29) is 11.8 Å². The zero-order valence-corrected chi connectivity index (χ0v) is 13.9. The Morgan fingerprint density at radius 1 is 1.22 bits per heavy atom. The van der Waals surface area contributed by atoms with Crippen LogP contribution in [0.25, 0.3) is 0 Å². The van der Waals surface area contributed by atoms with E-state index in [9.17, 15) is 9.59 Å². The highest BCUT2D eigenvalue weighted by atomic mass is 32.2. The Kier molecular flexibility index (Phi) is 3.81. The molecule has 0 unspecified atom stereocenters. The molecule has 4 rings (SSSR count). The molecule has 3 heterocycles. The molecule has 5 nitrogen and oxygen atoms in total. The monoisotopic (exact) mass is 331 g/mol. The van der Waals surface area contributed by atoms with Gasteiger partial charge in [0, 0.05) is 30.1 Å². The number of hydrogen-bond donors (Lipinski definition) is 2. The van der Waals surface area contributed by atoms with Gasteiger partial charge in [-0.3, -0.25) is 9.59 Å². The van der Waals surface area contributed by atoms with Gasteiger partial charge in [-0.1, -0.05) is 0 Å². The van der Waals surface area contributed by atoms with Crippen LogP contribution in [0.4, 0.5) is 5.69 Å². The van der Waals surface area contributed by atoms with Crippen LogP contribution in [0.3, 0.4) is 0 Å². The molecular weight excluding hydrogens is 310 g/mol. The molecule has 0 atom stereocenters. The number of carbonyl (C=O) groups is 2. The first-order chi connectivity index (χ1) is 11.2. The molecule has 2 fully saturated rings. The second-order valence-electron chi connectivity index (χ2n) is 6.77. The molecule has 0 bridgehead atoms. The normalized spacial score (nSPS) is 22.8. The number of hydrogen-bond acceptors (Lipinski definition) is 4. The Morgan fingerprint density at radius 3 is 2.78 bits per heavy atom. The molecule has 2 N–H and O–H groups in total. The van der Waals surface area contributed by atoms with Crippen molar-refractivity contribution in [1.29, 1.82) is 0 Å². The highest BCUT2D eigenvalue weighted by Crippen LogP contribution is 2.37. The Balaban J connectivity index is 1.47. The molecule has 3 aliphatic rings. The smallest absolute Gasteiger partial charge is 0.253 e. The topological polar surface area (TPSA) is 61.4 Å². The largest absolute Gasteiger partial charge is 0.339 e. The summed E-state index contributed by atoms with van der Waals surface area (Å²) in [5.41, 5.74) is 1.86. The molecule has 6 heteroatoms. The maximum absolute atomic E-state index is 12.8. The highest BCUT2D eigenvalue weighted by molar-refractivity contribution is 8.00. The fraction of sp³-hybridized carbons (Fsp3) is 0.529. The summed E-state index contributed by atoms with van der Waals surface area (Å²) < 4.78 is 0. The van der Waals surface area contributed by atoms with Gasteiger partial charge in [-0.05, 0) is 49.4 Å². The standard InChI is InChI=1S/C17H21N3O2S/c21-15-10-23-14-2-1-12(9-13(14)19-15)16(22)20-7-4-17(5-8-20)3-6-18-11-17/h1-2,9,18H,3-8,10-11H2,(H,19,21). The predicted octanol–water partition coefficient (Wildman–Crippen LogP) is 1.95.